The Hall–Kier alpha value is -3.22. The van der Waals surface area contributed by atoms with Gasteiger partial charge >= 0.3 is 6.03 Å². The van der Waals surface area contributed by atoms with Crippen LogP contribution >= 0.6 is 0 Å². The minimum atomic E-state index is -0.899. The molecule has 2 aliphatic heterocycles. The number of pyridine rings is 1. The van der Waals surface area contributed by atoms with Crippen LogP contribution in [0, 0.1) is 6.92 Å². The van der Waals surface area contributed by atoms with Crippen LogP contribution < -0.4 is 5.32 Å². The Morgan fingerprint density at radius 3 is 2.46 bits per heavy atom. The van der Waals surface area contributed by atoms with Crippen molar-refractivity contribution < 1.29 is 14.4 Å². The predicted molar refractivity (Wildman–Crippen MR) is 102 cm³/mol. The van der Waals surface area contributed by atoms with Crippen LogP contribution in [0.5, 0.6) is 0 Å². The largest absolute Gasteiger partial charge is 0.337 e. The van der Waals surface area contributed by atoms with E-state index in [0.717, 1.165) is 11.3 Å². The Bertz CT molecular complexity index is 920. The number of benzene rings is 1. The van der Waals surface area contributed by atoms with Crippen LogP contribution in [0.2, 0.25) is 0 Å². The molecule has 4 amide bonds. The fraction of sp³-hybridized carbons (Fsp3) is 0.333. The van der Waals surface area contributed by atoms with Gasteiger partial charge in [-0.1, -0.05) is 36.4 Å². The third kappa shape index (κ3) is 3.13. The molecular formula is C21H22N4O3. The van der Waals surface area contributed by atoms with E-state index in [1.54, 1.807) is 15.9 Å². The van der Waals surface area contributed by atoms with Crippen molar-refractivity contribution in [3.05, 3.63) is 65.5 Å². The Kier molecular flexibility index (Phi) is 4.58. The van der Waals surface area contributed by atoms with Gasteiger partial charge in [0.2, 0.25) is 0 Å². The first-order chi connectivity index (χ1) is 13.5. The number of aromatic nitrogens is 1. The van der Waals surface area contributed by atoms with Gasteiger partial charge in [0.1, 0.15) is 11.2 Å². The summed E-state index contributed by atoms with van der Waals surface area (Å²) >= 11 is 0. The highest BCUT2D eigenvalue weighted by Gasteiger charge is 2.54. The van der Waals surface area contributed by atoms with Crippen LogP contribution in [0.1, 0.15) is 34.6 Å². The third-order valence-electron chi connectivity index (χ3n) is 5.57. The Morgan fingerprint density at radius 1 is 1.07 bits per heavy atom. The lowest BCUT2D eigenvalue weighted by atomic mass is 9.85. The predicted octanol–water partition coefficient (Wildman–Crippen LogP) is 2.12. The summed E-state index contributed by atoms with van der Waals surface area (Å²) < 4.78 is 0. The van der Waals surface area contributed by atoms with E-state index >= 15 is 0 Å². The minimum absolute atomic E-state index is 0.141. The summed E-state index contributed by atoms with van der Waals surface area (Å²) in [6, 6.07) is 14.6. The zero-order valence-corrected chi connectivity index (χ0v) is 15.7. The molecule has 0 atom stereocenters. The van der Waals surface area contributed by atoms with Crippen molar-refractivity contribution >= 4 is 17.8 Å². The number of urea groups is 1. The molecule has 3 heterocycles. The molecule has 1 aromatic heterocycles. The molecule has 0 radical (unpaired) electrons. The average molecular weight is 378 g/mol. The molecular weight excluding hydrogens is 356 g/mol. The molecule has 2 aromatic rings. The molecule has 4 rings (SSSR count). The highest BCUT2D eigenvalue weighted by atomic mass is 16.2. The van der Waals surface area contributed by atoms with Gasteiger partial charge in [-0.25, -0.2) is 9.78 Å². The van der Waals surface area contributed by atoms with Gasteiger partial charge in [-0.05, 0) is 37.5 Å². The Labute approximate surface area is 163 Å². The molecule has 2 aliphatic rings. The highest BCUT2D eigenvalue weighted by molar-refractivity contribution is 6.07. The number of rotatable bonds is 3. The van der Waals surface area contributed by atoms with Crippen molar-refractivity contribution in [3.63, 3.8) is 0 Å². The van der Waals surface area contributed by atoms with E-state index < -0.39 is 5.54 Å². The second-order valence-corrected chi connectivity index (χ2v) is 7.32. The van der Waals surface area contributed by atoms with E-state index in [1.165, 1.54) is 0 Å². The molecule has 28 heavy (non-hydrogen) atoms. The lowest BCUT2D eigenvalue weighted by Crippen LogP contribution is -2.57. The summed E-state index contributed by atoms with van der Waals surface area (Å²) in [5, 5.41) is 2.46. The number of carbonyl (C=O) groups is 3. The number of likely N-dealkylation sites (tertiary alicyclic amines) is 1. The van der Waals surface area contributed by atoms with Crippen molar-refractivity contribution in [2.75, 3.05) is 13.1 Å². The second kappa shape index (κ2) is 7.07. The van der Waals surface area contributed by atoms with Crippen LogP contribution in [0.15, 0.2) is 48.5 Å². The quantitative estimate of drug-likeness (QED) is 0.830. The zero-order chi connectivity index (χ0) is 19.7. The summed E-state index contributed by atoms with van der Waals surface area (Å²) in [5.74, 6) is -0.410. The first-order valence-corrected chi connectivity index (χ1v) is 9.39. The van der Waals surface area contributed by atoms with Crippen LogP contribution in [0.3, 0.4) is 0 Å². The Balaban J connectivity index is 1.51. The number of aryl methyl sites for hydroxylation is 1. The maximum atomic E-state index is 12.8. The smallest absolute Gasteiger partial charge is 0.325 e. The van der Waals surface area contributed by atoms with Crippen LogP contribution in [0.25, 0.3) is 0 Å². The monoisotopic (exact) mass is 378 g/mol. The number of hydrogen-bond acceptors (Lipinski definition) is 4. The molecule has 0 bridgehead atoms. The number of imide groups is 1. The van der Waals surface area contributed by atoms with Gasteiger partial charge in [0.25, 0.3) is 11.8 Å². The Morgan fingerprint density at radius 2 is 1.79 bits per heavy atom. The van der Waals surface area contributed by atoms with Crippen LogP contribution in [-0.2, 0) is 11.3 Å². The normalized spacial score (nSPS) is 18.5. The summed E-state index contributed by atoms with van der Waals surface area (Å²) in [6.45, 7) is 3.02. The van der Waals surface area contributed by atoms with Crippen molar-refractivity contribution in [1.82, 2.24) is 20.1 Å². The van der Waals surface area contributed by atoms with Gasteiger partial charge in [-0.3, -0.25) is 14.9 Å². The zero-order valence-electron chi connectivity index (χ0n) is 15.7. The van der Waals surface area contributed by atoms with Gasteiger partial charge in [0.15, 0.2) is 0 Å². The molecule has 1 N–H and O–H groups in total. The molecule has 0 saturated carbocycles. The molecule has 1 spiro atoms. The number of carbonyl (C=O) groups excluding carboxylic acids is 3. The number of amides is 4. The first-order valence-electron chi connectivity index (χ1n) is 9.39. The number of hydrogen-bond donors (Lipinski definition) is 1. The lowest BCUT2D eigenvalue weighted by Gasteiger charge is -2.42. The van der Waals surface area contributed by atoms with E-state index in [1.807, 2.05) is 49.4 Å². The molecule has 7 nitrogen and oxygen atoms in total. The fourth-order valence-electron chi connectivity index (χ4n) is 3.99. The fourth-order valence-corrected chi connectivity index (χ4v) is 3.99. The standard InChI is InChI=1S/C21H22N4O3/c1-15-6-5-9-17(22-15)18(26)24-12-10-21(11-13-24)19(27)23-20(28)25(21)14-16-7-3-2-4-8-16/h2-9H,10-14H2,1H3,(H,23,27,28). The third-order valence-corrected chi connectivity index (χ3v) is 5.57. The van der Waals surface area contributed by atoms with Gasteiger partial charge in [0, 0.05) is 25.3 Å². The summed E-state index contributed by atoms with van der Waals surface area (Å²) in [7, 11) is 0. The molecule has 0 unspecified atom stereocenters. The van der Waals surface area contributed by atoms with E-state index in [2.05, 4.69) is 10.3 Å². The SMILES string of the molecule is Cc1cccc(C(=O)N2CCC3(CC2)C(=O)NC(=O)N3Cc2ccccc2)n1. The summed E-state index contributed by atoms with van der Waals surface area (Å²) in [4.78, 5) is 45.5. The maximum absolute atomic E-state index is 12.8. The summed E-state index contributed by atoms with van der Waals surface area (Å²) in [6.07, 6.45) is 0.823. The van der Waals surface area contributed by atoms with Gasteiger partial charge in [-0.15, -0.1) is 0 Å². The first kappa shape index (κ1) is 18.2. The van der Waals surface area contributed by atoms with E-state index in [4.69, 9.17) is 0 Å². The number of piperidine rings is 1. The van der Waals surface area contributed by atoms with E-state index in [0.29, 0.717) is 38.2 Å². The maximum Gasteiger partial charge on any atom is 0.325 e. The van der Waals surface area contributed by atoms with Crippen LogP contribution in [-0.4, -0.2) is 51.3 Å². The van der Waals surface area contributed by atoms with Crippen molar-refractivity contribution in [1.29, 1.82) is 0 Å². The lowest BCUT2D eigenvalue weighted by molar-refractivity contribution is -0.129. The molecule has 144 valence electrons. The summed E-state index contributed by atoms with van der Waals surface area (Å²) in [5.41, 5.74) is 1.26. The topological polar surface area (TPSA) is 82.6 Å². The second-order valence-electron chi connectivity index (χ2n) is 7.32. The molecule has 2 fully saturated rings. The average Bonchev–Trinajstić information content (AvgIpc) is 2.93. The van der Waals surface area contributed by atoms with Crippen LogP contribution in [0.4, 0.5) is 4.79 Å². The minimum Gasteiger partial charge on any atom is -0.337 e. The number of nitrogens with zero attached hydrogens (tertiary/aromatic N) is 3. The van der Waals surface area contributed by atoms with Gasteiger partial charge in [-0.2, -0.15) is 0 Å². The van der Waals surface area contributed by atoms with Crippen molar-refractivity contribution in [2.45, 2.75) is 31.8 Å². The molecule has 7 heteroatoms. The molecule has 0 aliphatic carbocycles. The van der Waals surface area contributed by atoms with E-state index in [9.17, 15) is 14.4 Å². The van der Waals surface area contributed by atoms with Crippen molar-refractivity contribution in [3.8, 4) is 0 Å². The molecule has 1 aromatic carbocycles. The molecule has 2 saturated heterocycles. The van der Waals surface area contributed by atoms with Gasteiger partial charge in [0.05, 0.1) is 0 Å². The highest BCUT2D eigenvalue weighted by Crippen LogP contribution is 2.34. The van der Waals surface area contributed by atoms with E-state index in [-0.39, 0.29) is 17.8 Å². The van der Waals surface area contributed by atoms with Gasteiger partial charge < -0.3 is 9.80 Å². The number of nitrogens with one attached hydrogen (secondary N) is 1. The van der Waals surface area contributed by atoms with Crippen molar-refractivity contribution in [2.24, 2.45) is 0 Å².